The van der Waals surface area contributed by atoms with E-state index in [1.807, 2.05) is 6.92 Å². The lowest BCUT2D eigenvalue weighted by Gasteiger charge is -2.36. The van der Waals surface area contributed by atoms with E-state index in [1.54, 1.807) is 20.8 Å². The van der Waals surface area contributed by atoms with Crippen molar-refractivity contribution in [3.63, 3.8) is 0 Å². The van der Waals surface area contributed by atoms with Crippen LogP contribution >= 0.6 is 23.2 Å². The molecule has 0 unspecified atom stereocenters. The molecule has 0 aliphatic rings. The van der Waals surface area contributed by atoms with E-state index >= 15 is 0 Å². The SMILES string of the molecule is C=C(CC)C(=O)c1ccc(OCC(=O)N(CCCCO[Si](C)(C)C(C)(C)C)C(=O)OC(C)(C)C)c(Cl)c1Cl. The summed E-state index contributed by atoms with van der Waals surface area (Å²) < 4.78 is 17.2. The molecular weight excluding hydrogens is 545 g/mol. The van der Waals surface area contributed by atoms with Crippen molar-refractivity contribution in [2.24, 2.45) is 0 Å². The van der Waals surface area contributed by atoms with Gasteiger partial charge in [0.2, 0.25) is 0 Å². The van der Waals surface area contributed by atoms with Gasteiger partial charge in [-0.25, -0.2) is 9.69 Å². The van der Waals surface area contributed by atoms with Gasteiger partial charge in [-0.15, -0.1) is 0 Å². The Morgan fingerprint density at radius 2 is 1.61 bits per heavy atom. The maximum atomic E-state index is 13.0. The summed E-state index contributed by atoms with van der Waals surface area (Å²) >= 11 is 12.6. The third kappa shape index (κ3) is 10.0. The van der Waals surface area contributed by atoms with Gasteiger partial charge in [-0.05, 0) is 75.9 Å². The number of amides is 2. The van der Waals surface area contributed by atoms with Crippen LogP contribution in [-0.2, 0) is 14.0 Å². The predicted octanol–water partition coefficient (Wildman–Crippen LogP) is 8.09. The highest BCUT2D eigenvalue weighted by atomic mass is 35.5. The Kier molecular flexibility index (Phi) is 12.6. The first-order valence-corrected chi connectivity index (χ1v) is 16.5. The van der Waals surface area contributed by atoms with Crippen LogP contribution in [0.2, 0.25) is 28.2 Å². The van der Waals surface area contributed by atoms with Crippen LogP contribution in [0.1, 0.15) is 78.1 Å². The van der Waals surface area contributed by atoms with Crippen LogP contribution in [-0.4, -0.2) is 56.4 Å². The van der Waals surface area contributed by atoms with Crippen molar-refractivity contribution in [2.45, 2.75) is 91.5 Å². The molecule has 0 aromatic heterocycles. The van der Waals surface area contributed by atoms with Crippen LogP contribution < -0.4 is 4.74 Å². The van der Waals surface area contributed by atoms with E-state index in [-0.39, 0.29) is 38.7 Å². The summed E-state index contributed by atoms with van der Waals surface area (Å²) in [5, 5.41) is 0.116. The number of ketones is 1. The Bertz CT molecular complexity index is 1030. The summed E-state index contributed by atoms with van der Waals surface area (Å²) in [6.45, 7) is 21.9. The zero-order valence-corrected chi connectivity index (χ0v) is 26.8. The number of hydrogen-bond donors (Lipinski definition) is 0. The highest BCUT2D eigenvalue weighted by Gasteiger charge is 2.37. The molecule has 1 aromatic rings. The summed E-state index contributed by atoms with van der Waals surface area (Å²) in [5.74, 6) is -0.775. The van der Waals surface area contributed by atoms with Gasteiger partial charge in [0, 0.05) is 18.7 Å². The maximum Gasteiger partial charge on any atom is 0.417 e. The van der Waals surface area contributed by atoms with Gasteiger partial charge < -0.3 is 13.9 Å². The van der Waals surface area contributed by atoms with Gasteiger partial charge in [0.1, 0.15) is 16.4 Å². The number of allylic oxidation sites excluding steroid dienone is 1. The third-order valence-corrected chi connectivity index (χ3v) is 11.8. The molecule has 0 saturated heterocycles. The van der Waals surface area contributed by atoms with Crippen LogP contribution in [0.5, 0.6) is 5.75 Å². The van der Waals surface area contributed by atoms with E-state index in [0.29, 0.717) is 31.4 Å². The highest BCUT2D eigenvalue weighted by Crippen LogP contribution is 2.37. The van der Waals surface area contributed by atoms with Gasteiger partial charge in [0.25, 0.3) is 5.91 Å². The number of nitrogens with zero attached hydrogens (tertiary/aromatic N) is 1. The van der Waals surface area contributed by atoms with E-state index in [0.717, 1.165) is 4.90 Å². The number of carbonyl (C=O) groups excluding carboxylic acids is 3. The molecule has 0 aliphatic carbocycles. The monoisotopic (exact) mass is 587 g/mol. The van der Waals surface area contributed by atoms with Crippen molar-refractivity contribution in [1.82, 2.24) is 4.90 Å². The van der Waals surface area contributed by atoms with Crippen molar-refractivity contribution in [1.29, 1.82) is 0 Å². The molecule has 0 bridgehead atoms. The van der Waals surface area contributed by atoms with Crippen LogP contribution in [0.3, 0.4) is 0 Å². The van der Waals surface area contributed by atoms with Crippen molar-refractivity contribution < 1.29 is 28.3 Å². The molecular formula is C28H43Cl2NO6Si. The Morgan fingerprint density at radius 3 is 2.13 bits per heavy atom. The first-order chi connectivity index (χ1) is 17.3. The highest BCUT2D eigenvalue weighted by molar-refractivity contribution is 6.74. The van der Waals surface area contributed by atoms with Crippen LogP contribution in [0.15, 0.2) is 24.3 Å². The number of carbonyl (C=O) groups is 3. The minimum atomic E-state index is -1.88. The number of benzene rings is 1. The number of unbranched alkanes of at least 4 members (excludes halogenated alkanes) is 1. The molecule has 0 N–H and O–H groups in total. The first-order valence-electron chi connectivity index (χ1n) is 12.8. The zero-order valence-electron chi connectivity index (χ0n) is 24.3. The molecule has 2 amide bonds. The maximum absolute atomic E-state index is 13.0. The van der Waals surface area contributed by atoms with Gasteiger partial charge in [0.15, 0.2) is 20.7 Å². The average Bonchev–Trinajstić information content (AvgIpc) is 2.79. The molecule has 1 aromatic carbocycles. The van der Waals surface area contributed by atoms with Crippen molar-refractivity contribution >= 4 is 49.3 Å². The van der Waals surface area contributed by atoms with E-state index in [9.17, 15) is 14.4 Å². The molecule has 0 heterocycles. The molecule has 1 rings (SSSR count). The Morgan fingerprint density at radius 1 is 1.00 bits per heavy atom. The summed E-state index contributed by atoms with van der Waals surface area (Å²) in [6.07, 6.45) is 0.951. The summed E-state index contributed by atoms with van der Waals surface area (Å²) in [5.41, 5.74) is -0.170. The average molecular weight is 589 g/mol. The lowest BCUT2D eigenvalue weighted by atomic mass is 10.0. The van der Waals surface area contributed by atoms with E-state index in [2.05, 4.69) is 40.4 Å². The normalized spacial score (nSPS) is 12.2. The van der Waals surface area contributed by atoms with Crippen molar-refractivity contribution in [3.05, 3.63) is 39.9 Å². The van der Waals surface area contributed by atoms with Crippen LogP contribution in [0, 0.1) is 0 Å². The van der Waals surface area contributed by atoms with E-state index in [4.69, 9.17) is 37.1 Å². The minimum absolute atomic E-state index is 0.000756. The summed E-state index contributed by atoms with van der Waals surface area (Å²) in [6, 6.07) is 2.94. The van der Waals surface area contributed by atoms with E-state index < -0.39 is 32.5 Å². The lowest BCUT2D eigenvalue weighted by Crippen LogP contribution is -2.44. The standard InChI is InChI=1S/C28H43Cl2NO6Si/c1-11-19(2)25(33)20-14-15-21(24(30)23(20)29)35-18-22(32)31(26(34)37-27(3,4)5)16-12-13-17-36-38(9,10)28(6,7)8/h14-15H,2,11-13,16-18H2,1,3-10H3. The summed E-state index contributed by atoms with van der Waals surface area (Å²) in [4.78, 5) is 39.3. The van der Waals surface area contributed by atoms with E-state index in [1.165, 1.54) is 12.1 Å². The number of halogens is 2. The zero-order chi connectivity index (χ0) is 29.5. The fourth-order valence-electron chi connectivity index (χ4n) is 2.94. The van der Waals surface area contributed by atoms with Gasteiger partial charge in [0.05, 0.1) is 5.02 Å². The second-order valence-electron chi connectivity index (χ2n) is 11.7. The number of imide groups is 1. The predicted molar refractivity (Wildman–Crippen MR) is 156 cm³/mol. The fourth-order valence-corrected chi connectivity index (χ4v) is 4.49. The lowest BCUT2D eigenvalue weighted by molar-refractivity contribution is -0.132. The second kappa shape index (κ2) is 14.0. The van der Waals surface area contributed by atoms with Gasteiger partial charge in [-0.3, -0.25) is 9.59 Å². The molecule has 0 aliphatic heterocycles. The molecule has 0 fully saturated rings. The Labute approximate surface area is 238 Å². The van der Waals surface area contributed by atoms with Crippen LogP contribution in [0.4, 0.5) is 4.79 Å². The topological polar surface area (TPSA) is 82.1 Å². The van der Waals surface area contributed by atoms with Gasteiger partial charge in [-0.1, -0.05) is 57.5 Å². The quantitative estimate of drug-likeness (QED) is 0.106. The first kappa shape index (κ1) is 34.2. The van der Waals surface area contributed by atoms with Gasteiger partial charge in [-0.2, -0.15) is 0 Å². The van der Waals surface area contributed by atoms with Crippen LogP contribution in [0.25, 0.3) is 0 Å². The molecule has 0 saturated carbocycles. The largest absolute Gasteiger partial charge is 0.482 e. The number of rotatable bonds is 12. The molecule has 0 radical (unpaired) electrons. The molecule has 0 atom stereocenters. The third-order valence-electron chi connectivity index (χ3n) is 6.35. The molecule has 38 heavy (non-hydrogen) atoms. The molecule has 214 valence electrons. The Hall–Kier alpha value is -1.87. The smallest absolute Gasteiger partial charge is 0.417 e. The Balaban J connectivity index is 2.91. The number of ether oxygens (including phenoxy) is 2. The van der Waals surface area contributed by atoms with Gasteiger partial charge >= 0.3 is 6.09 Å². The fraction of sp³-hybridized carbons (Fsp3) is 0.607. The molecule has 10 heteroatoms. The number of Topliss-reactive ketones (excluding diaryl/α,β-unsaturated/α-hetero) is 1. The second-order valence-corrected chi connectivity index (χ2v) is 17.2. The summed E-state index contributed by atoms with van der Waals surface area (Å²) in [7, 11) is -1.88. The number of hydrogen-bond acceptors (Lipinski definition) is 6. The minimum Gasteiger partial charge on any atom is -0.482 e. The van der Waals surface area contributed by atoms with Crippen molar-refractivity contribution in [2.75, 3.05) is 19.8 Å². The van der Waals surface area contributed by atoms with Crippen molar-refractivity contribution in [3.8, 4) is 5.75 Å². The molecule has 0 spiro atoms. The molecule has 7 nitrogen and oxygen atoms in total.